The smallest absolute Gasteiger partial charge is 0.320 e. The molecule has 6 heteroatoms. The Morgan fingerprint density at radius 3 is 2.91 bits per heavy atom. The molecule has 3 heterocycles. The highest BCUT2D eigenvalue weighted by Gasteiger charge is 2.34. The van der Waals surface area contributed by atoms with Gasteiger partial charge in [0.25, 0.3) is 0 Å². The lowest BCUT2D eigenvalue weighted by molar-refractivity contribution is 0.163. The molecule has 2 aromatic rings. The minimum absolute atomic E-state index is 0.0512. The number of hydrogen-bond acceptors (Lipinski definition) is 3. The average molecular weight is 313 g/mol. The Kier molecular flexibility index (Phi) is 4.32. The Hall–Kier alpha value is -2.37. The molecular weight excluding hydrogens is 290 g/mol. The summed E-state index contributed by atoms with van der Waals surface area (Å²) in [5.41, 5.74) is 2.24. The first-order valence-corrected chi connectivity index (χ1v) is 7.97. The molecule has 1 unspecified atom stereocenters. The van der Waals surface area contributed by atoms with Crippen molar-refractivity contribution in [2.75, 3.05) is 20.6 Å². The second-order valence-corrected chi connectivity index (χ2v) is 6.23. The molecule has 0 saturated carbocycles. The molecule has 2 aromatic heterocycles. The number of pyridine rings is 1. The van der Waals surface area contributed by atoms with Crippen LogP contribution >= 0.6 is 0 Å². The quantitative estimate of drug-likeness (QED) is 0.874. The Morgan fingerprint density at radius 1 is 1.39 bits per heavy atom. The topological polar surface area (TPSA) is 54.3 Å². The van der Waals surface area contributed by atoms with E-state index in [1.807, 2.05) is 23.4 Å². The number of aryl methyl sites for hydroxylation is 1. The highest BCUT2D eigenvalue weighted by Crippen LogP contribution is 2.32. The van der Waals surface area contributed by atoms with Crippen LogP contribution in [0.2, 0.25) is 0 Å². The Morgan fingerprint density at radius 2 is 2.22 bits per heavy atom. The summed E-state index contributed by atoms with van der Waals surface area (Å²) in [6.45, 7) is 3.58. The van der Waals surface area contributed by atoms with E-state index in [1.54, 1.807) is 25.2 Å². The lowest BCUT2D eigenvalue weighted by Gasteiger charge is -2.28. The Balaban J connectivity index is 1.90. The Labute approximate surface area is 136 Å². The fourth-order valence-electron chi connectivity index (χ4n) is 3.15. The van der Waals surface area contributed by atoms with Crippen molar-refractivity contribution in [1.29, 1.82) is 0 Å². The van der Waals surface area contributed by atoms with Crippen molar-refractivity contribution in [3.8, 4) is 0 Å². The number of carbonyl (C=O) groups excluding carboxylic acids is 1. The molecule has 2 amide bonds. The minimum Gasteiger partial charge on any atom is -0.331 e. The van der Waals surface area contributed by atoms with Gasteiger partial charge < -0.3 is 14.4 Å². The molecule has 0 aliphatic carbocycles. The maximum absolute atomic E-state index is 12.4. The van der Waals surface area contributed by atoms with Gasteiger partial charge in [-0.2, -0.15) is 0 Å². The van der Waals surface area contributed by atoms with Crippen LogP contribution in [0, 0.1) is 6.92 Å². The van der Waals surface area contributed by atoms with Gasteiger partial charge in [-0.15, -0.1) is 0 Å². The van der Waals surface area contributed by atoms with Crippen molar-refractivity contribution in [3.63, 3.8) is 0 Å². The van der Waals surface area contributed by atoms with E-state index in [4.69, 9.17) is 0 Å². The number of hydrogen-bond donors (Lipinski definition) is 0. The molecule has 1 aliphatic heterocycles. The van der Waals surface area contributed by atoms with Crippen LogP contribution in [0.3, 0.4) is 0 Å². The predicted molar refractivity (Wildman–Crippen MR) is 88.1 cm³/mol. The summed E-state index contributed by atoms with van der Waals surface area (Å²) < 4.78 is 2.20. The van der Waals surface area contributed by atoms with Crippen molar-refractivity contribution >= 4 is 6.03 Å². The normalized spacial score (nSPS) is 17.5. The second-order valence-electron chi connectivity index (χ2n) is 6.23. The highest BCUT2D eigenvalue weighted by molar-refractivity contribution is 5.74. The molecule has 23 heavy (non-hydrogen) atoms. The van der Waals surface area contributed by atoms with Crippen molar-refractivity contribution in [1.82, 2.24) is 24.3 Å². The molecule has 0 spiro atoms. The van der Waals surface area contributed by atoms with E-state index >= 15 is 0 Å². The molecule has 0 aromatic carbocycles. The number of nitrogens with zero attached hydrogens (tertiary/aromatic N) is 5. The van der Waals surface area contributed by atoms with Gasteiger partial charge in [-0.1, -0.05) is 6.07 Å². The molecule has 6 nitrogen and oxygen atoms in total. The summed E-state index contributed by atoms with van der Waals surface area (Å²) in [6, 6.07) is 4.11. The SMILES string of the molecule is Cc1cnc(C2CCCN2C(=O)N(C)C)n1Cc1cccnc1. The van der Waals surface area contributed by atoms with Gasteiger partial charge in [-0.25, -0.2) is 9.78 Å². The van der Waals surface area contributed by atoms with Crippen LogP contribution in [-0.2, 0) is 6.54 Å². The van der Waals surface area contributed by atoms with E-state index in [-0.39, 0.29) is 12.1 Å². The molecule has 3 rings (SSSR count). The monoisotopic (exact) mass is 313 g/mol. The van der Waals surface area contributed by atoms with E-state index in [0.29, 0.717) is 0 Å². The van der Waals surface area contributed by atoms with Crippen LogP contribution in [0.15, 0.2) is 30.7 Å². The zero-order valence-corrected chi connectivity index (χ0v) is 13.9. The maximum Gasteiger partial charge on any atom is 0.320 e. The van der Waals surface area contributed by atoms with Gasteiger partial charge in [0.15, 0.2) is 0 Å². The van der Waals surface area contributed by atoms with Crippen LogP contribution in [0.1, 0.15) is 36.0 Å². The lowest BCUT2D eigenvalue weighted by Crippen LogP contribution is -2.39. The van der Waals surface area contributed by atoms with E-state index in [1.165, 1.54) is 0 Å². The third-order valence-electron chi connectivity index (χ3n) is 4.33. The third kappa shape index (κ3) is 3.06. The van der Waals surface area contributed by atoms with E-state index in [9.17, 15) is 4.79 Å². The highest BCUT2D eigenvalue weighted by atomic mass is 16.2. The van der Waals surface area contributed by atoms with Crippen LogP contribution in [0.25, 0.3) is 0 Å². The van der Waals surface area contributed by atoms with Gasteiger partial charge in [-0.3, -0.25) is 4.98 Å². The molecule has 1 fully saturated rings. The van der Waals surface area contributed by atoms with Crippen LogP contribution < -0.4 is 0 Å². The summed E-state index contributed by atoms with van der Waals surface area (Å²) in [7, 11) is 3.59. The van der Waals surface area contributed by atoms with Crippen molar-refractivity contribution in [2.45, 2.75) is 32.4 Å². The third-order valence-corrected chi connectivity index (χ3v) is 4.33. The fourth-order valence-corrected chi connectivity index (χ4v) is 3.15. The number of urea groups is 1. The standard InChI is InChI=1S/C17H23N5O/c1-13-10-19-16(22(13)12-14-6-4-8-18-11-14)15-7-5-9-21(15)17(23)20(2)3/h4,6,8,10-11,15H,5,7,9,12H2,1-3H3. The van der Waals surface area contributed by atoms with Gasteiger partial charge in [0, 0.05) is 44.9 Å². The van der Waals surface area contributed by atoms with E-state index < -0.39 is 0 Å². The Bertz CT molecular complexity index is 680. The fraction of sp³-hybridized carbons (Fsp3) is 0.471. The molecule has 0 radical (unpaired) electrons. The van der Waals surface area contributed by atoms with Crippen molar-refractivity contribution in [3.05, 3.63) is 47.8 Å². The summed E-state index contributed by atoms with van der Waals surface area (Å²) in [6.07, 6.45) is 7.52. The second kappa shape index (κ2) is 6.40. The van der Waals surface area contributed by atoms with Gasteiger partial charge in [0.05, 0.1) is 12.6 Å². The maximum atomic E-state index is 12.4. The van der Waals surface area contributed by atoms with Crippen molar-refractivity contribution in [2.24, 2.45) is 0 Å². The molecule has 0 N–H and O–H groups in total. The number of imidazole rings is 1. The van der Waals surface area contributed by atoms with Crippen LogP contribution in [-0.4, -0.2) is 51.0 Å². The van der Waals surface area contributed by atoms with Crippen LogP contribution in [0.4, 0.5) is 4.79 Å². The average Bonchev–Trinajstić information content (AvgIpc) is 3.15. The number of amides is 2. The van der Waals surface area contributed by atoms with E-state index in [2.05, 4.69) is 27.5 Å². The predicted octanol–water partition coefficient (Wildman–Crippen LogP) is 2.45. The summed E-state index contributed by atoms with van der Waals surface area (Å²) >= 11 is 0. The van der Waals surface area contributed by atoms with E-state index in [0.717, 1.165) is 43.0 Å². The minimum atomic E-state index is 0.0512. The number of aromatic nitrogens is 3. The van der Waals surface area contributed by atoms with Crippen LogP contribution in [0.5, 0.6) is 0 Å². The molecule has 1 atom stereocenters. The first kappa shape index (κ1) is 15.5. The molecule has 122 valence electrons. The first-order valence-electron chi connectivity index (χ1n) is 7.97. The van der Waals surface area contributed by atoms with Crippen molar-refractivity contribution < 1.29 is 4.79 Å². The van der Waals surface area contributed by atoms with Gasteiger partial charge in [-0.05, 0) is 31.4 Å². The van der Waals surface area contributed by atoms with Gasteiger partial charge in [0.1, 0.15) is 5.82 Å². The largest absolute Gasteiger partial charge is 0.331 e. The van der Waals surface area contributed by atoms with Gasteiger partial charge >= 0.3 is 6.03 Å². The zero-order chi connectivity index (χ0) is 16.4. The molecule has 1 aliphatic rings. The molecule has 1 saturated heterocycles. The molecule has 0 bridgehead atoms. The zero-order valence-electron chi connectivity index (χ0n) is 13.9. The summed E-state index contributed by atoms with van der Waals surface area (Å²) in [4.78, 5) is 24.8. The summed E-state index contributed by atoms with van der Waals surface area (Å²) in [5, 5.41) is 0. The number of carbonyl (C=O) groups is 1. The number of likely N-dealkylation sites (tertiary alicyclic amines) is 1. The lowest BCUT2D eigenvalue weighted by atomic mass is 10.2. The number of rotatable bonds is 3. The molecular formula is C17H23N5O. The summed E-state index contributed by atoms with van der Waals surface area (Å²) in [5.74, 6) is 0.971. The van der Waals surface area contributed by atoms with Gasteiger partial charge in [0.2, 0.25) is 0 Å². The first-order chi connectivity index (χ1) is 11.1.